The third-order valence-corrected chi connectivity index (χ3v) is 6.70. The number of nitrogens with zero attached hydrogens (tertiary/aromatic N) is 2. The Balaban J connectivity index is 1.56. The molecule has 0 aromatic heterocycles. The molecular weight excluding hydrogens is 402 g/mol. The third-order valence-electron chi connectivity index (χ3n) is 6.70. The molecule has 2 heterocycles. The van der Waals surface area contributed by atoms with Gasteiger partial charge in [0.2, 0.25) is 5.91 Å². The van der Waals surface area contributed by atoms with Crippen LogP contribution in [-0.2, 0) is 9.59 Å². The van der Waals surface area contributed by atoms with Crippen molar-refractivity contribution < 1.29 is 14.7 Å². The van der Waals surface area contributed by atoms with Crippen LogP contribution >= 0.6 is 0 Å². The summed E-state index contributed by atoms with van der Waals surface area (Å²) in [4.78, 5) is 31.4. The van der Waals surface area contributed by atoms with Crippen LogP contribution in [-0.4, -0.2) is 53.8 Å². The number of rotatable bonds is 17. The van der Waals surface area contributed by atoms with Gasteiger partial charge in [-0.05, 0) is 38.6 Å². The number of unbranched alkanes of at least 4 members (excludes halogenated alkanes) is 8. The largest absolute Gasteiger partial charge is 0.392 e. The smallest absolute Gasteiger partial charge is 0.258 e. The highest BCUT2D eigenvalue weighted by Gasteiger charge is 2.42. The number of hydrogen-bond acceptors (Lipinski definition) is 5. The topological polar surface area (TPSA) is 82.0 Å². The van der Waals surface area contributed by atoms with Crippen LogP contribution in [0.3, 0.4) is 0 Å². The van der Waals surface area contributed by atoms with E-state index in [-0.39, 0.29) is 29.8 Å². The molecule has 0 aromatic carbocycles. The zero-order valence-electron chi connectivity index (χ0n) is 20.6. The van der Waals surface area contributed by atoms with Gasteiger partial charge in [0.1, 0.15) is 0 Å². The van der Waals surface area contributed by atoms with Crippen LogP contribution in [0.5, 0.6) is 0 Å². The predicted octanol–water partition coefficient (Wildman–Crippen LogP) is 4.62. The molecule has 2 rings (SSSR count). The molecule has 0 saturated heterocycles. The predicted molar refractivity (Wildman–Crippen MR) is 131 cm³/mol. The van der Waals surface area contributed by atoms with Crippen LogP contribution < -0.4 is 5.32 Å². The molecule has 182 valence electrons. The van der Waals surface area contributed by atoms with Gasteiger partial charge in [0.05, 0.1) is 17.7 Å². The van der Waals surface area contributed by atoms with Gasteiger partial charge in [-0.3, -0.25) is 19.5 Å². The number of aliphatic hydroxyl groups excluding tert-OH is 1. The molecule has 0 aromatic rings. The zero-order valence-corrected chi connectivity index (χ0v) is 20.6. The maximum absolute atomic E-state index is 12.8. The summed E-state index contributed by atoms with van der Waals surface area (Å²) >= 11 is 0. The van der Waals surface area contributed by atoms with Crippen LogP contribution in [0.4, 0.5) is 0 Å². The van der Waals surface area contributed by atoms with E-state index in [9.17, 15) is 14.7 Å². The minimum Gasteiger partial charge on any atom is -0.392 e. The minimum atomic E-state index is -0.377. The number of nitrogens with one attached hydrogen (secondary N) is 1. The van der Waals surface area contributed by atoms with Gasteiger partial charge in [-0.1, -0.05) is 65.7 Å². The van der Waals surface area contributed by atoms with Crippen LogP contribution in [0.2, 0.25) is 0 Å². The highest BCUT2D eigenvalue weighted by molar-refractivity contribution is 6.12. The summed E-state index contributed by atoms with van der Waals surface area (Å²) < 4.78 is 0. The van der Waals surface area contributed by atoms with E-state index in [1.807, 2.05) is 13.8 Å². The monoisotopic (exact) mass is 447 g/mol. The Kier molecular flexibility index (Phi) is 12.2. The summed E-state index contributed by atoms with van der Waals surface area (Å²) in [6.45, 7) is 8.17. The van der Waals surface area contributed by atoms with Crippen molar-refractivity contribution in [1.82, 2.24) is 10.2 Å². The van der Waals surface area contributed by atoms with Crippen LogP contribution in [0.25, 0.3) is 0 Å². The van der Waals surface area contributed by atoms with E-state index in [1.165, 1.54) is 49.8 Å². The molecular formula is C26H45N3O3. The first kappa shape index (κ1) is 26.7. The molecule has 0 saturated carbocycles. The lowest BCUT2D eigenvalue weighted by Gasteiger charge is -2.31. The summed E-state index contributed by atoms with van der Waals surface area (Å²) in [7, 11) is 0. The summed E-state index contributed by atoms with van der Waals surface area (Å²) in [5.41, 5.74) is 1.38. The Bertz CT molecular complexity index is 659. The standard InChI is InChI=1S/C26H45N3O3/c1-4-6-7-8-9-10-11-13-16-27-19-21(30)15-12-14-17-29-25(31)22(5-2)24-23(26(29)32)20(3)18-28-24/h18,20-22,27,30H,4-17,19H2,1-3H3. The van der Waals surface area contributed by atoms with Gasteiger partial charge >= 0.3 is 0 Å². The van der Waals surface area contributed by atoms with Crippen molar-refractivity contribution in [2.24, 2.45) is 16.8 Å². The van der Waals surface area contributed by atoms with E-state index in [0.717, 1.165) is 25.8 Å². The highest BCUT2D eigenvalue weighted by Crippen LogP contribution is 2.36. The lowest BCUT2D eigenvalue weighted by molar-refractivity contribution is -0.146. The van der Waals surface area contributed by atoms with Crippen LogP contribution in [0.15, 0.2) is 16.3 Å². The second kappa shape index (κ2) is 14.6. The van der Waals surface area contributed by atoms with E-state index >= 15 is 0 Å². The number of imide groups is 1. The number of amides is 2. The molecule has 2 amide bonds. The fourth-order valence-corrected chi connectivity index (χ4v) is 4.69. The summed E-state index contributed by atoms with van der Waals surface area (Å²) in [5.74, 6) is -0.603. The van der Waals surface area contributed by atoms with Crippen molar-refractivity contribution in [3.8, 4) is 0 Å². The second-order valence-corrected chi connectivity index (χ2v) is 9.45. The van der Waals surface area contributed by atoms with Gasteiger partial charge in [-0.15, -0.1) is 0 Å². The van der Waals surface area contributed by atoms with Crippen LogP contribution in [0.1, 0.15) is 97.8 Å². The molecule has 3 unspecified atom stereocenters. The van der Waals surface area contributed by atoms with Crippen LogP contribution in [0, 0.1) is 11.8 Å². The number of hydrogen-bond donors (Lipinski definition) is 2. The molecule has 2 N–H and O–H groups in total. The SMILES string of the molecule is CCCCCCCCCCNCC(O)CCCCN1C(=O)C2=C(N=CC2C)C(CC)C1=O. The van der Waals surface area contributed by atoms with E-state index < -0.39 is 0 Å². The second-order valence-electron chi connectivity index (χ2n) is 9.45. The summed E-state index contributed by atoms with van der Waals surface area (Å²) in [6, 6.07) is 0. The normalized spacial score (nSPS) is 21.6. The van der Waals surface area contributed by atoms with E-state index in [4.69, 9.17) is 0 Å². The van der Waals surface area contributed by atoms with Crippen molar-refractivity contribution in [2.75, 3.05) is 19.6 Å². The molecule has 0 spiro atoms. The lowest BCUT2D eigenvalue weighted by atomic mass is 9.88. The van der Waals surface area contributed by atoms with Crippen molar-refractivity contribution >= 4 is 18.0 Å². The van der Waals surface area contributed by atoms with Crippen molar-refractivity contribution in [1.29, 1.82) is 0 Å². The Morgan fingerprint density at radius 1 is 1.03 bits per heavy atom. The highest BCUT2D eigenvalue weighted by atomic mass is 16.3. The Labute approximate surface area is 194 Å². The van der Waals surface area contributed by atoms with Gasteiger partial charge in [-0.25, -0.2) is 0 Å². The molecule has 0 radical (unpaired) electrons. The van der Waals surface area contributed by atoms with E-state index in [2.05, 4.69) is 17.2 Å². The molecule has 0 fully saturated rings. The van der Waals surface area contributed by atoms with Gasteiger partial charge in [-0.2, -0.15) is 0 Å². The Morgan fingerprint density at radius 3 is 2.41 bits per heavy atom. The quantitative estimate of drug-likeness (QED) is 0.252. The molecule has 32 heavy (non-hydrogen) atoms. The minimum absolute atomic E-state index is 0.0175. The Morgan fingerprint density at radius 2 is 1.72 bits per heavy atom. The molecule has 2 aliphatic rings. The van der Waals surface area contributed by atoms with Gasteiger partial charge in [0.25, 0.3) is 5.91 Å². The first-order valence-corrected chi connectivity index (χ1v) is 13.0. The molecule has 2 aliphatic heterocycles. The van der Waals surface area contributed by atoms with E-state index in [1.54, 1.807) is 6.21 Å². The maximum Gasteiger partial charge on any atom is 0.258 e. The zero-order chi connectivity index (χ0) is 23.3. The fraction of sp³-hybridized carbons (Fsp3) is 0.808. The number of carbonyl (C=O) groups excluding carboxylic acids is 2. The number of aliphatic hydroxyl groups is 1. The average Bonchev–Trinajstić information content (AvgIpc) is 3.16. The molecule has 0 bridgehead atoms. The first-order valence-electron chi connectivity index (χ1n) is 13.0. The van der Waals surface area contributed by atoms with Gasteiger partial charge in [0.15, 0.2) is 0 Å². The van der Waals surface area contributed by atoms with Crippen molar-refractivity contribution in [2.45, 2.75) is 104 Å². The average molecular weight is 448 g/mol. The molecule has 0 aliphatic carbocycles. The van der Waals surface area contributed by atoms with Gasteiger partial charge < -0.3 is 10.4 Å². The first-order chi connectivity index (χ1) is 15.5. The number of aliphatic imine (C=N–C) groups is 1. The summed E-state index contributed by atoms with van der Waals surface area (Å²) in [6.07, 6.45) is 14.7. The van der Waals surface area contributed by atoms with E-state index in [0.29, 0.717) is 37.2 Å². The van der Waals surface area contributed by atoms with Gasteiger partial charge in [0, 0.05) is 30.8 Å². The Hall–Kier alpha value is -1.53. The molecule has 6 heteroatoms. The fourth-order valence-electron chi connectivity index (χ4n) is 4.69. The maximum atomic E-state index is 12.8. The molecule has 3 atom stereocenters. The third kappa shape index (κ3) is 7.80. The lowest BCUT2D eigenvalue weighted by Crippen LogP contribution is -2.47. The summed E-state index contributed by atoms with van der Waals surface area (Å²) in [5, 5.41) is 13.6. The molecule has 6 nitrogen and oxygen atoms in total. The van der Waals surface area contributed by atoms with Crippen molar-refractivity contribution in [3.05, 3.63) is 11.3 Å². The van der Waals surface area contributed by atoms with Crippen molar-refractivity contribution in [3.63, 3.8) is 0 Å². The number of carbonyl (C=O) groups is 2.